The van der Waals surface area contributed by atoms with Gasteiger partial charge < -0.3 is 5.32 Å². The molecule has 4 nitrogen and oxygen atoms in total. The third-order valence-electron chi connectivity index (χ3n) is 3.04. The van der Waals surface area contributed by atoms with Crippen molar-refractivity contribution < 1.29 is 0 Å². The number of hydrogen-bond acceptors (Lipinski definition) is 3. The summed E-state index contributed by atoms with van der Waals surface area (Å²) in [5, 5.41) is 10.3. The van der Waals surface area contributed by atoms with Gasteiger partial charge >= 0.3 is 0 Å². The molecule has 0 radical (unpaired) electrons. The summed E-state index contributed by atoms with van der Waals surface area (Å²) < 4.78 is 0. The molecule has 0 bridgehead atoms. The van der Waals surface area contributed by atoms with Crippen molar-refractivity contribution in [3.05, 3.63) is 12.2 Å². The van der Waals surface area contributed by atoms with Crippen molar-refractivity contribution in [2.45, 2.75) is 64.8 Å². The standard InChI is InChI=1S/C13H26N4/c1-3-4-5-6-8-12(2)14-10-7-9-13-15-11-16-17-13/h11-12,14H,3-10H2,1-2H3,(H,15,16,17). The van der Waals surface area contributed by atoms with E-state index in [1.165, 1.54) is 32.1 Å². The number of hydrogen-bond donors (Lipinski definition) is 2. The Morgan fingerprint density at radius 2 is 2.18 bits per heavy atom. The van der Waals surface area contributed by atoms with Crippen LogP contribution < -0.4 is 5.32 Å². The molecule has 98 valence electrons. The third-order valence-corrected chi connectivity index (χ3v) is 3.04. The summed E-state index contributed by atoms with van der Waals surface area (Å²) in [4.78, 5) is 4.11. The SMILES string of the molecule is CCCCCCC(C)NCCCc1ncn[nH]1. The lowest BCUT2D eigenvalue weighted by Crippen LogP contribution is -2.27. The highest BCUT2D eigenvalue weighted by atomic mass is 15.2. The molecule has 1 unspecified atom stereocenters. The van der Waals surface area contributed by atoms with E-state index >= 15 is 0 Å². The second-order valence-corrected chi connectivity index (χ2v) is 4.74. The number of nitrogens with zero attached hydrogens (tertiary/aromatic N) is 2. The van der Waals surface area contributed by atoms with Gasteiger partial charge in [-0.3, -0.25) is 5.10 Å². The monoisotopic (exact) mass is 238 g/mol. The van der Waals surface area contributed by atoms with Crippen molar-refractivity contribution in [1.82, 2.24) is 20.5 Å². The zero-order valence-electron chi connectivity index (χ0n) is 11.2. The molecule has 4 heteroatoms. The molecule has 0 aliphatic heterocycles. The fourth-order valence-electron chi connectivity index (χ4n) is 1.93. The van der Waals surface area contributed by atoms with Crippen LogP contribution in [0.5, 0.6) is 0 Å². The molecule has 0 saturated carbocycles. The number of aryl methyl sites for hydroxylation is 1. The van der Waals surface area contributed by atoms with Crippen molar-refractivity contribution in [1.29, 1.82) is 0 Å². The van der Waals surface area contributed by atoms with Crippen LogP contribution in [-0.2, 0) is 6.42 Å². The van der Waals surface area contributed by atoms with E-state index < -0.39 is 0 Å². The highest BCUT2D eigenvalue weighted by Crippen LogP contribution is 2.05. The van der Waals surface area contributed by atoms with Gasteiger partial charge in [0.2, 0.25) is 0 Å². The van der Waals surface area contributed by atoms with E-state index in [9.17, 15) is 0 Å². The fourth-order valence-corrected chi connectivity index (χ4v) is 1.93. The molecule has 0 aliphatic rings. The Morgan fingerprint density at radius 3 is 2.88 bits per heavy atom. The number of H-pyrrole nitrogens is 1. The molecular weight excluding hydrogens is 212 g/mol. The maximum Gasteiger partial charge on any atom is 0.137 e. The topological polar surface area (TPSA) is 53.6 Å². The van der Waals surface area contributed by atoms with Crippen molar-refractivity contribution >= 4 is 0 Å². The second-order valence-electron chi connectivity index (χ2n) is 4.74. The van der Waals surface area contributed by atoms with E-state index in [1.54, 1.807) is 6.33 Å². The van der Waals surface area contributed by atoms with E-state index in [0.717, 1.165) is 25.2 Å². The van der Waals surface area contributed by atoms with Gasteiger partial charge in [-0.05, 0) is 26.3 Å². The van der Waals surface area contributed by atoms with Crippen molar-refractivity contribution in [3.63, 3.8) is 0 Å². The first-order chi connectivity index (χ1) is 8.33. The zero-order valence-corrected chi connectivity index (χ0v) is 11.2. The Balaban J connectivity index is 1.91. The zero-order chi connectivity index (χ0) is 12.3. The van der Waals surface area contributed by atoms with E-state index in [2.05, 4.69) is 34.3 Å². The first kappa shape index (κ1) is 14.2. The summed E-state index contributed by atoms with van der Waals surface area (Å²) in [5.74, 6) is 0.988. The summed E-state index contributed by atoms with van der Waals surface area (Å²) in [6.07, 6.45) is 10.4. The predicted molar refractivity (Wildman–Crippen MR) is 70.9 cm³/mol. The van der Waals surface area contributed by atoms with Gasteiger partial charge in [-0.2, -0.15) is 5.10 Å². The Morgan fingerprint density at radius 1 is 1.29 bits per heavy atom. The minimum Gasteiger partial charge on any atom is -0.314 e. The van der Waals surface area contributed by atoms with Gasteiger partial charge in [0.1, 0.15) is 12.2 Å². The molecule has 1 rings (SSSR count). The largest absolute Gasteiger partial charge is 0.314 e. The highest BCUT2D eigenvalue weighted by Gasteiger charge is 2.01. The van der Waals surface area contributed by atoms with Crippen LogP contribution in [-0.4, -0.2) is 27.8 Å². The van der Waals surface area contributed by atoms with E-state index in [0.29, 0.717) is 6.04 Å². The number of unbranched alkanes of at least 4 members (excludes halogenated alkanes) is 3. The average Bonchev–Trinajstić information content (AvgIpc) is 2.83. The van der Waals surface area contributed by atoms with Gasteiger partial charge in [0, 0.05) is 12.5 Å². The number of aromatic nitrogens is 3. The molecule has 0 spiro atoms. The van der Waals surface area contributed by atoms with Crippen LogP contribution >= 0.6 is 0 Å². The molecule has 0 aliphatic carbocycles. The van der Waals surface area contributed by atoms with Crippen LogP contribution in [0.25, 0.3) is 0 Å². The summed E-state index contributed by atoms with van der Waals surface area (Å²) in [6, 6.07) is 0.640. The molecule has 0 amide bonds. The van der Waals surface area contributed by atoms with E-state index in [-0.39, 0.29) is 0 Å². The summed E-state index contributed by atoms with van der Waals surface area (Å²) in [6.45, 7) is 5.60. The highest BCUT2D eigenvalue weighted by molar-refractivity contribution is 4.79. The molecule has 0 saturated heterocycles. The van der Waals surface area contributed by atoms with Crippen LogP contribution in [0.15, 0.2) is 6.33 Å². The molecule has 1 aromatic heterocycles. The summed E-state index contributed by atoms with van der Waals surface area (Å²) >= 11 is 0. The van der Waals surface area contributed by atoms with E-state index in [4.69, 9.17) is 0 Å². The minimum atomic E-state index is 0.640. The second kappa shape index (κ2) is 9.16. The number of rotatable bonds is 10. The Labute approximate surface area is 105 Å². The van der Waals surface area contributed by atoms with Crippen LogP contribution in [0.3, 0.4) is 0 Å². The summed E-state index contributed by atoms with van der Waals surface area (Å²) in [7, 11) is 0. The molecule has 0 aromatic carbocycles. The Bertz CT molecular complexity index is 258. The van der Waals surface area contributed by atoms with Gasteiger partial charge in [0.05, 0.1) is 0 Å². The fraction of sp³-hybridized carbons (Fsp3) is 0.846. The van der Waals surface area contributed by atoms with Crippen LogP contribution in [0.2, 0.25) is 0 Å². The average molecular weight is 238 g/mol. The van der Waals surface area contributed by atoms with Gasteiger partial charge in [-0.15, -0.1) is 0 Å². The van der Waals surface area contributed by atoms with Crippen molar-refractivity contribution in [3.8, 4) is 0 Å². The van der Waals surface area contributed by atoms with Crippen molar-refractivity contribution in [2.24, 2.45) is 0 Å². The Hall–Kier alpha value is -0.900. The molecule has 1 aromatic rings. The molecule has 1 atom stereocenters. The van der Waals surface area contributed by atoms with Crippen molar-refractivity contribution in [2.75, 3.05) is 6.54 Å². The van der Waals surface area contributed by atoms with Gasteiger partial charge in [0.15, 0.2) is 0 Å². The number of nitrogens with one attached hydrogen (secondary N) is 2. The first-order valence-corrected chi connectivity index (χ1v) is 6.90. The maximum absolute atomic E-state index is 4.11. The van der Waals surface area contributed by atoms with Crippen LogP contribution in [0.4, 0.5) is 0 Å². The normalized spacial score (nSPS) is 12.8. The smallest absolute Gasteiger partial charge is 0.137 e. The lowest BCUT2D eigenvalue weighted by atomic mass is 10.1. The van der Waals surface area contributed by atoms with Crippen LogP contribution in [0.1, 0.15) is 58.2 Å². The molecule has 0 fully saturated rings. The summed E-state index contributed by atoms with van der Waals surface area (Å²) in [5.41, 5.74) is 0. The molecule has 1 heterocycles. The first-order valence-electron chi connectivity index (χ1n) is 6.90. The van der Waals surface area contributed by atoms with E-state index in [1.807, 2.05) is 0 Å². The predicted octanol–water partition coefficient (Wildman–Crippen LogP) is 2.69. The Kier molecular flexibility index (Phi) is 7.63. The maximum atomic E-state index is 4.11. The lowest BCUT2D eigenvalue weighted by molar-refractivity contribution is 0.477. The van der Waals surface area contributed by atoms with Gasteiger partial charge in [-0.1, -0.05) is 32.6 Å². The number of aromatic amines is 1. The van der Waals surface area contributed by atoms with Gasteiger partial charge in [0.25, 0.3) is 0 Å². The molecule has 17 heavy (non-hydrogen) atoms. The van der Waals surface area contributed by atoms with Crippen LogP contribution in [0, 0.1) is 0 Å². The quantitative estimate of drug-likeness (QED) is 0.616. The lowest BCUT2D eigenvalue weighted by Gasteiger charge is -2.13. The molecule has 2 N–H and O–H groups in total. The minimum absolute atomic E-state index is 0.640. The third kappa shape index (κ3) is 7.10. The molecular formula is C13H26N4. The van der Waals surface area contributed by atoms with Gasteiger partial charge in [-0.25, -0.2) is 4.98 Å².